The molecular weight excluding hydrogens is 978 g/mol. The van der Waals surface area contributed by atoms with Crippen molar-refractivity contribution in [3.8, 4) is 0 Å². The van der Waals surface area contributed by atoms with Crippen molar-refractivity contribution in [2.24, 2.45) is 0 Å². The number of alkyl halides is 18. The lowest BCUT2D eigenvalue weighted by Gasteiger charge is -2.50. The molecule has 0 spiro atoms. The van der Waals surface area contributed by atoms with Gasteiger partial charge in [-0.15, -0.1) is 0 Å². The maximum Gasteiger partial charge on any atom is 0.628 e. The van der Waals surface area contributed by atoms with Gasteiger partial charge < -0.3 is 33.4 Å². The second kappa shape index (κ2) is 15.7. The first kappa shape index (κ1) is 43.1. The Kier molecular flexibility index (Phi) is 16.5. The molecule has 0 aliphatic carbocycles. The number of aliphatic hydroxyl groups excluding tert-OH is 2. The highest BCUT2D eigenvalue weighted by atomic mass is 35.6. The monoisotopic (exact) mass is 977 g/mol. The summed E-state index contributed by atoms with van der Waals surface area (Å²) in [6, 6.07) is 0. The minimum Gasteiger partial charge on any atom is -0.399 e. The molecule has 6 unspecified atom stereocenters. The molecule has 2 saturated heterocycles. The minimum atomic E-state index is -2.50. The van der Waals surface area contributed by atoms with Gasteiger partial charge in [-0.25, -0.2) is 0 Å². The average Bonchev–Trinajstić information content (AvgIpc) is 2.73. The molecule has 2 rings (SSSR count). The van der Waals surface area contributed by atoms with Gasteiger partial charge in [0.25, 0.3) is 0 Å². The second-order valence-corrected chi connectivity index (χ2v) is 26.4. The number of hydrogen-bond donors (Lipinski definition) is 2. The molecule has 0 saturated carbocycles. The Morgan fingerprint density at radius 2 is 0.659 bits per heavy atom. The molecule has 0 aromatic rings. The lowest BCUT2D eigenvalue weighted by molar-refractivity contribution is 0.0359. The molecule has 29 heteroatoms. The molecule has 0 aromatic carbocycles. The first-order chi connectivity index (χ1) is 18.0. The molecule has 7 nitrogen and oxygen atoms in total. The molecule has 2 aliphatic heterocycles. The summed E-state index contributed by atoms with van der Waals surface area (Å²) in [6.07, 6.45) is 0. The minimum absolute atomic E-state index is 1.70. The zero-order chi connectivity index (χ0) is 32.3. The van der Waals surface area contributed by atoms with Gasteiger partial charge in [0.15, 0.2) is 0 Å². The quantitative estimate of drug-likeness (QED) is 0.165. The Bertz CT molecular complexity index is 776. The smallest absolute Gasteiger partial charge is 0.399 e. The van der Waals surface area contributed by atoms with Crippen molar-refractivity contribution in [1.82, 2.24) is 0 Å². The third kappa shape index (κ3) is 12.0. The molecular formula is C12H8B2Cl18O7P2. The Balaban J connectivity index is 2.51. The summed E-state index contributed by atoms with van der Waals surface area (Å²) >= 11 is 108. The number of hydrogen-bond acceptors (Lipinski definition) is 7. The van der Waals surface area contributed by atoms with Crippen LogP contribution in [-0.4, -0.2) is 82.7 Å². The second-order valence-electron chi connectivity index (χ2n) is 7.56. The van der Waals surface area contributed by atoms with Crippen molar-refractivity contribution in [3.63, 3.8) is 0 Å². The van der Waals surface area contributed by atoms with Gasteiger partial charge in [-0.1, -0.05) is 209 Å². The van der Waals surface area contributed by atoms with Crippen LogP contribution in [0.2, 0.25) is 0 Å². The van der Waals surface area contributed by atoms with Gasteiger partial charge in [-0.3, -0.25) is 0 Å². The first-order valence-electron chi connectivity index (χ1n) is 9.56. The third-order valence-corrected chi connectivity index (χ3v) is 17.0. The number of aliphatic hydroxyl groups is 2. The summed E-state index contributed by atoms with van der Waals surface area (Å²) in [5.74, 6) is -10.7. The Morgan fingerprint density at radius 1 is 0.463 bits per heavy atom. The van der Waals surface area contributed by atoms with Gasteiger partial charge in [0.1, 0.15) is 35.1 Å². The van der Waals surface area contributed by atoms with Crippen LogP contribution in [0, 0.1) is 0 Å². The van der Waals surface area contributed by atoms with E-state index in [9.17, 15) is 10.2 Å². The van der Waals surface area contributed by atoms with Crippen molar-refractivity contribution in [2.45, 2.75) is 57.8 Å². The van der Waals surface area contributed by atoms with Crippen LogP contribution in [-0.2, 0) is 23.2 Å². The fourth-order valence-corrected chi connectivity index (χ4v) is 14.3. The van der Waals surface area contributed by atoms with E-state index in [-0.39, 0.29) is 0 Å². The van der Waals surface area contributed by atoms with Gasteiger partial charge in [-0.2, -0.15) is 0 Å². The maximum absolute atomic E-state index is 10.8. The summed E-state index contributed by atoms with van der Waals surface area (Å²) in [6.45, 7) is 0. The molecule has 41 heavy (non-hydrogen) atoms. The largest absolute Gasteiger partial charge is 0.628 e. The van der Waals surface area contributed by atoms with Crippen LogP contribution in [0.1, 0.15) is 0 Å². The molecule has 240 valence electrons. The van der Waals surface area contributed by atoms with Gasteiger partial charge in [0, 0.05) is 0 Å². The van der Waals surface area contributed by atoms with Crippen LogP contribution in [0.4, 0.5) is 0 Å². The standard InChI is InChI=1S/C12H8B2Cl18O7P2/c15-7(16,17)1(33)40-3(9(21,22)23)35-13(36-4(40)10(24,25)26)39-14-37-5(11(27,28)29)41(2(34)8(18,19)20)6(38-14)12(30,31)32/h1-6,33-34H. The number of rotatable bonds is 4. The van der Waals surface area contributed by atoms with E-state index in [1.807, 2.05) is 0 Å². The molecule has 0 bridgehead atoms. The van der Waals surface area contributed by atoms with Gasteiger partial charge in [-0.05, 0) is 15.8 Å². The van der Waals surface area contributed by atoms with Crippen molar-refractivity contribution in [3.05, 3.63) is 0 Å². The highest BCUT2D eigenvalue weighted by Crippen LogP contribution is 2.70. The summed E-state index contributed by atoms with van der Waals surface area (Å²) in [5.41, 5.74) is 0. The van der Waals surface area contributed by atoms with E-state index >= 15 is 0 Å². The summed E-state index contributed by atoms with van der Waals surface area (Å²) in [4.78, 5) is 0. The molecule has 2 N–H and O–H groups in total. The van der Waals surface area contributed by atoms with E-state index in [1.54, 1.807) is 0 Å². The molecule has 2 fully saturated rings. The van der Waals surface area contributed by atoms with E-state index in [2.05, 4.69) is 0 Å². The van der Waals surface area contributed by atoms with Crippen LogP contribution in [0.3, 0.4) is 0 Å². The van der Waals surface area contributed by atoms with Gasteiger partial charge in [0.05, 0.1) is 0 Å². The van der Waals surface area contributed by atoms with Crippen molar-refractivity contribution >= 4 is 239 Å². The topological polar surface area (TPSA) is 86.6 Å². The molecule has 0 amide bonds. The summed E-state index contributed by atoms with van der Waals surface area (Å²) < 4.78 is 13.6. The van der Waals surface area contributed by atoms with Gasteiger partial charge in [0.2, 0.25) is 22.8 Å². The maximum atomic E-state index is 10.8. The SMILES string of the molecule is OC(P1C(C(Cl)(Cl)Cl)OB(OB2OC(C(Cl)(Cl)Cl)P(C(O)C(Cl)(Cl)Cl)C(C(Cl)(Cl)Cl)O2)OC1C(Cl)(Cl)Cl)C(Cl)(Cl)Cl. The zero-order valence-electron chi connectivity index (χ0n) is 18.3. The molecule has 0 radical (unpaired) electrons. The molecule has 2 aliphatic rings. The Morgan fingerprint density at radius 3 is 0.805 bits per heavy atom. The Hall–Kier alpha value is 5.93. The van der Waals surface area contributed by atoms with E-state index in [0.717, 1.165) is 0 Å². The van der Waals surface area contributed by atoms with Crippen molar-refractivity contribution in [2.75, 3.05) is 0 Å². The molecule has 2 heterocycles. The predicted molar refractivity (Wildman–Crippen MR) is 180 cm³/mol. The van der Waals surface area contributed by atoms with Crippen LogP contribution in [0.25, 0.3) is 0 Å². The van der Waals surface area contributed by atoms with E-state index < -0.39 is 88.3 Å². The first-order valence-corrected chi connectivity index (χ1v) is 19.5. The third-order valence-electron chi connectivity index (χ3n) is 4.54. The Labute approximate surface area is 326 Å². The lowest BCUT2D eigenvalue weighted by Crippen LogP contribution is -2.58. The highest BCUT2D eigenvalue weighted by molar-refractivity contribution is 7.61. The number of halogens is 18. The van der Waals surface area contributed by atoms with Gasteiger partial charge >= 0.3 is 14.6 Å². The van der Waals surface area contributed by atoms with E-state index in [0.29, 0.717) is 0 Å². The zero-order valence-corrected chi connectivity index (χ0v) is 33.6. The van der Waals surface area contributed by atoms with Crippen LogP contribution in [0.15, 0.2) is 0 Å². The average molecular weight is 986 g/mol. The fourth-order valence-electron chi connectivity index (χ4n) is 3.07. The van der Waals surface area contributed by atoms with Crippen LogP contribution in [0.5, 0.6) is 0 Å². The lowest BCUT2D eigenvalue weighted by atomic mass is 10.1. The molecule has 6 atom stereocenters. The molecule has 0 aromatic heterocycles. The van der Waals surface area contributed by atoms with E-state index in [4.69, 9.17) is 232 Å². The summed E-state index contributed by atoms with van der Waals surface area (Å²) in [5, 5.41) is 21.5. The van der Waals surface area contributed by atoms with Crippen molar-refractivity contribution < 1.29 is 33.4 Å². The van der Waals surface area contributed by atoms with Crippen LogP contribution < -0.4 is 0 Å². The van der Waals surface area contributed by atoms with Crippen LogP contribution >= 0.6 is 225 Å². The normalized spacial score (nSPS) is 31.3. The van der Waals surface area contributed by atoms with Crippen molar-refractivity contribution in [1.29, 1.82) is 0 Å². The van der Waals surface area contributed by atoms with E-state index in [1.165, 1.54) is 0 Å². The highest BCUT2D eigenvalue weighted by Gasteiger charge is 2.65. The predicted octanol–water partition coefficient (Wildman–Crippen LogP) is 10.2. The fraction of sp³-hybridized carbons (Fsp3) is 1.00. The summed E-state index contributed by atoms with van der Waals surface area (Å²) in [7, 11) is -9.00.